The van der Waals surface area contributed by atoms with Crippen LogP contribution in [0.1, 0.15) is 12.0 Å². The molecule has 15 heavy (non-hydrogen) atoms. The minimum atomic E-state index is 0.652. The van der Waals surface area contributed by atoms with Crippen LogP contribution in [-0.4, -0.2) is 19.6 Å². The number of hydrogen-bond donors (Lipinski definition) is 2. The molecule has 0 spiro atoms. The fraction of sp³-hybridized carbons (Fsp3) is 0.538. The van der Waals surface area contributed by atoms with Gasteiger partial charge < -0.3 is 11.1 Å². The van der Waals surface area contributed by atoms with Crippen LogP contribution in [-0.2, 0) is 6.42 Å². The van der Waals surface area contributed by atoms with Gasteiger partial charge in [-0.25, -0.2) is 0 Å². The van der Waals surface area contributed by atoms with E-state index in [1.165, 1.54) is 18.4 Å². The standard InChI is InChI=1S/C13H20N2/c14-9-13-10-15-7-6-12(13)8-11-4-2-1-3-5-11/h1-5,12-13,15H,6-10,14H2. The first-order valence-electron chi connectivity index (χ1n) is 5.85. The highest BCUT2D eigenvalue weighted by Gasteiger charge is 2.23. The molecule has 1 saturated heterocycles. The Morgan fingerprint density at radius 3 is 2.73 bits per heavy atom. The van der Waals surface area contributed by atoms with Crippen molar-refractivity contribution in [1.82, 2.24) is 5.32 Å². The lowest BCUT2D eigenvalue weighted by molar-refractivity contribution is 0.259. The van der Waals surface area contributed by atoms with Crippen LogP contribution >= 0.6 is 0 Å². The highest BCUT2D eigenvalue weighted by Crippen LogP contribution is 2.22. The Balaban J connectivity index is 1.97. The van der Waals surface area contributed by atoms with E-state index in [-0.39, 0.29) is 0 Å². The van der Waals surface area contributed by atoms with Gasteiger partial charge in [0, 0.05) is 0 Å². The van der Waals surface area contributed by atoms with Gasteiger partial charge in [-0.3, -0.25) is 0 Å². The van der Waals surface area contributed by atoms with Crippen molar-refractivity contribution >= 4 is 0 Å². The van der Waals surface area contributed by atoms with Crippen LogP contribution in [0.5, 0.6) is 0 Å². The first-order valence-corrected chi connectivity index (χ1v) is 5.85. The molecule has 1 aliphatic heterocycles. The van der Waals surface area contributed by atoms with Crippen molar-refractivity contribution in [2.75, 3.05) is 19.6 Å². The quantitative estimate of drug-likeness (QED) is 0.781. The average molecular weight is 204 g/mol. The van der Waals surface area contributed by atoms with Crippen LogP contribution in [0.15, 0.2) is 30.3 Å². The lowest BCUT2D eigenvalue weighted by atomic mass is 9.82. The Hall–Kier alpha value is -0.860. The molecule has 1 heterocycles. The van der Waals surface area contributed by atoms with Gasteiger partial charge in [0.25, 0.3) is 0 Å². The van der Waals surface area contributed by atoms with E-state index in [1.54, 1.807) is 0 Å². The molecule has 0 aliphatic carbocycles. The molecule has 2 heteroatoms. The molecule has 1 fully saturated rings. The molecule has 1 aromatic carbocycles. The fourth-order valence-corrected chi connectivity index (χ4v) is 2.44. The normalized spacial score (nSPS) is 26.5. The number of benzene rings is 1. The number of nitrogens with one attached hydrogen (secondary N) is 1. The molecule has 2 nitrogen and oxygen atoms in total. The minimum absolute atomic E-state index is 0.652. The Morgan fingerprint density at radius 1 is 1.20 bits per heavy atom. The highest BCUT2D eigenvalue weighted by atomic mass is 14.9. The zero-order valence-corrected chi connectivity index (χ0v) is 9.15. The van der Waals surface area contributed by atoms with Crippen LogP contribution in [0.4, 0.5) is 0 Å². The Bertz CT molecular complexity index is 284. The highest BCUT2D eigenvalue weighted by molar-refractivity contribution is 5.15. The van der Waals surface area contributed by atoms with Crippen molar-refractivity contribution in [2.24, 2.45) is 17.6 Å². The topological polar surface area (TPSA) is 38.0 Å². The van der Waals surface area contributed by atoms with E-state index >= 15 is 0 Å². The number of hydrogen-bond acceptors (Lipinski definition) is 2. The Kier molecular flexibility index (Phi) is 3.75. The summed E-state index contributed by atoms with van der Waals surface area (Å²) >= 11 is 0. The molecule has 2 unspecified atom stereocenters. The summed E-state index contributed by atoms with van der Waals surface area (Å²) in [5, 5.41) is 3.42. The zero-order valence-electron chi connectivity index (χ0n) is 9.15. The monoisotopic (exact) mass is 204 g/mol. The summed E-state index contributed by atoms with van der Waals surface area (Å²) in [5.74, 6) is 1.41. The van der Waals surface area contributed by atoms with Crippen LogP contribution in [0.3, 0.4) is 0 Å². The van der Waals surface area contributed by atoms with Crippen molar-refractivity contribution in [3.8, 4) is 0 Å². The second kappa shape index (κ2) is 5.29. The molecule has 2 rings (SSSR count). The third-order valence-corrected chi connectivity index (χ3v) is 3.41. The molecule has 0 saturated carbocycles. The summed E-state index contributed by atoms with van der Waals surface area (Å²) in [7, 11) is 0. The van der Waals surface area contributed by atoms with Crippen LogP contribution < -0.4 is 11.1 Å². The largest absolute Gasteiger partial charge is 0.330 e. The maximum Gasteiger partial charge on any atom is -0.000567 e. The third kappa shape index (κ3) is 2.80. The van der Waals surface area contributed by atoms with Crippen molar-refractivity contribution in [1.29, 1.82) is 0 Å². The molecule has 1 aliphatic rings. The molecule has 0 amide bonds. The Morgan fingerprint density at radius 2 is 2.00 bits per heavy atom. The number of nitrogens with two attached hydrogens (primary N) is 1. The van der Waals surface area contributed by atoms with Crippen molar-refractivity contribution in [3.05, 3.63) is 35.9 Å². The van der Waals surface area contributed by atoms with E-state index in [9.17, 15) is 0 Å². The zero-order chi connectivity index (χ0) is 10.5. The number of rotatable bonds is 3. The molecular weight excluding hydrogens is 184 g/mol. The molecule has 0 bridgehead atoms. The smallest absolute Gasteiger partial charge is 0.000567 e. The maximum atomic E-state index is 5.81. The number of piperidine rings is 1. The summed E-state index contributed by atoms with van der Waals surface area (Å²) in [6.45, 7) is 3.05. The molecular formula is C13H20N2. The van der Waals surface area contributed by atoms with Crippen molar-refractivity contribution in [2.45, 2.75) is 12.8 Å². The van der Waals surface area contributed by atoms with Gasteiger partial charge in [-0.15, -0.1) is 0 Å². The SMILES string of the molecule is NCC1CNCCC1Cc1ccccc1. The lowest BCUT2D eigenvalue weighted by Gasteiger charge is -2.31. The van der Waals surface area contributed by atoms with Crippen molar-refractivity contribution in [3.63, 3.8) is 0 Å². The van der Waals surface area contributed by atoms with E-state index in [4.69, 9.17) is 5.73 Å². The summed E-state index contributed by atoms with van der Waals surface area (Å²) in [6.07, 6.45) is 2.45. The summed E-state index contributed by atoms with van der Waals surface area (Å²) in [5.41, 5.74) is 7.25. The second-order valence-electron chi connectivity index (χ2n) is 4.44. The van der Waals surface area contributed by atoms with E-state index in [0.29, 0.717) is 5.92 Å². The predicted octanol–water partition coefficient (Wildman–Crippen LogP) is 1.41. The molecule has 0 aromatic heterocycles. The van der Waals surface area contributed by atoms with Gasteiger partial charge >= 0.3 is 0 Å². The second-order valence-corrected chi connectivity index (χ2v) is 4.44. The summed E-state index contributed by atoms with van der Waals surface area (Å²) < 4.78 is 0. The third-order valence-electron chi connectivity index (χ3n) is 3.41. The Labute approximate surface area is 91.9 Å². The lowest BCUT2D eigenvalue weighted by Crippen LogP contribution is -2.41. The van der Waals surface area contributed by atoms with Crippen molar-refractivity contribution < 1.29 is 0 Å². The van der Waals surface area contributed by atoms with Gasteiger partial charge in [-0.1, -0.05) is 30.3 Å². The molecule has 82 valence electrons. The minimum Gasteiger partial charge on any atom is -0.330 e. The first-order chi connectivity index (χ1) is 7.40. The van der Waals surface area contributed by atoms with E-state index in [0.717, 1.165) is 25.6 Å². The first kappa shape index (κ1) is 10.7. The molecule has 1 aromatic rings. The van der Waals surface area contributed by atoms with E-state index < -0.39 is 0 Å². The van der Waals surface area contributed by atoms with Gasteiger partial charge in [0.05, 0.1) is 0 Å². The van der Waals surface area contributed by atoms with Crippen LogP contribution in [0, 0.1) is 11.8 Å². The molecule has 0 radical (unpaired) electrons. The van der Waals surface area contributed by atoms with E-state index in [2.05, 4.69) is 35.6 Å². The predicted molar refractivity (Wildman–Crippen MR) is 63.7 cm³/mol. The van der Waals surface area contributed by atoms with Gasteiger partial charge in [0.2, 0.25) is 0 Å². The van der Waals surface area contributed by atoms with Gasteiger partial charge in [-0.2, -0.15) is 0 Å². The fourth-order valence-electron chi connectivity index (χ4n) is 2.44. The summed E-state index contributed by atoms with van der Waals surface area (Å²) in [4.78, 5) is 0. The summed E-state index contributed by atoms with van der Waals surface area (Å²) in [6, 6.07) is 10.7. The van der Waals surface area contributed by atoms with Gasteiger partial charge in [-0.05, 0) is 49.9 Å². The maximum absolute atomic E-state index is 5.81. The average Bonchev–Trinajstić information content (AvgIpc) is 2.31. The molecule has 3 N–H and O–H groups in total. The van der Waals surface area contributed by atoms with E-state index in [1.807, 2.05) is 0 Å². The van der Waals surface area contributed by atoms with Crippen LogP contribution in [0.25, 0.3) is 0 Å². The molecule has 2 atom stereocenters. The van der Waals surface area contributed by atoms with Gasteiger partial charge in [0.15, 0.2) is 0 Å². The van der Waals surface area contributed by atoms with Crippen LogP contribution in [0.2, 0.25) is 0 Å². The van der Waals surface area contributed by atoms with Gasteiger partial charge in [0.1, 0.15) is 0 Å².